The molecule has 2 fully saturated rings. The fourth-order valence-corrected chi connectivity index (χ4v) is 5.22. The van der Waals surface area contributed by atoms with Crippen LogP contribution in [0.2, 0.25) is 0 Å². The molecule has 7 heteroatoms. The normalized spacial score (nSPS) is 20.2. The fourth-order valence-electron chi connectivity index (χ4n) is 4.32. The number of sulfonamides is 1. The van der Waals surface area contributed by atoms with Gasteiger partial charge in [0.2, 0.25) is 10.0 Å². The Morgan fingerprint density at radius 2 is 1.89 bits per heavy atom. The number of rotatable bonds is 6. The smallest absolute Gasteiger partial charge is 0.213 e. The summed E-state index contributed by atoms with van der Waals surface area (Å²) in [4.78, 5) is 6.68. The maximum Gasteiger partial charge on any atom is 0.213 e. The minimum atomic E-state index is -3.32. The summed E-state index contributed by atoms with van der Waals surface area (Å²) in [6.45, 7) is 2.75. The van der Waals surface area contributed by atoms with Crippen LogP contribution in [0.5, 0.6) is 0 Å². The molecule has 6 nitrogen and oxygen atoms in total. The maximum absolute atomic E-state index is 12.2. The molecule has 0 amide bonds. The number of aliphatic imine (C=N–C) groups is 1. The highest BCUT2D eigenvalue weighted by atomic mass is 32.2. The van der Waals surface area contributed by atoms with Crippen LogP contribution >= 0.6 is 0 Å². The van der Waals surface area contributed by atoms with Gasteiger partial charge in [0.15, 0.2) is 5.96 Å². The number of nitrogens with zero attached hydrogens (tertiary/aromatic N) is 2. The first-order chi connectivity index (χ1) is 13.0. The van der Waals surface area contributed by atoms with Gasteiger partial charge in [-0.25, -0.2) is 13.1 Å². The molecule has 2 aliphatic rings. The zero-order chi connectivity index (χ0) is 19.2. The molecule has 2 N–H and O–H groups in total. The Balaban J connectivity index is 1.44. The van der Waals surface area contributed by atoms with Crippen molar-refractivity contribution < 1.29 is 8.42 Å². The van der Waals surface area contributed by atoms with E-state index in [4.69, 9.17) is 0 Å². The van der Waals surface area contributed by atoms with Crippen LogP contribution in [0.3, 0.4) is 0 Å². The third kappa shape index (κ3) is 5.69. The van der Waals surface area contributed by atoms with Crippen LogP contribution in [0.25, 0.3) is 0 Å². The predicted octanol–water partition coefficient (Wildman–Crippen LogP) is 2.34. The van der Waals surface area contributed by atoms with Crippen molar-refractivity contribution in [1.82, 2.24) is 14.9 Å². The maximum atomic E-state index is 12.2. The quantitative estimate of drug-likeness (QED) is 0.576. The molecule has 1 saturated carbocycles. The highest BCUT2D eigenvalue weighted by Crippen LogP contribution is 2.43. The summed E-state index contributed by atoms with van der Waals surface area (Å²) in [5.74, 6) is 0.869. The van der Waals surface area contributed by atoms with Gasteiger partial charge in [-0.3, -0.25) is 4.99 Å². The first kappa shape index (κ1) is 20.1. The molecule has 27 heavy (non-hydrogen) atoms. The third-order valence-electron chi connectivity index (χ3n) is 5.86. The topological polar surface area (TPSA) is 73.8 Å². The highest BCUT2D eigenvalue weighted by Gasteiger charge is 2.39. The number of likely N-dealkylation sites (tertiary alicyclic amines) is 1. The SMILES string of the molecule is CN=C(NCCS(=O)(=O)NCc1ccccc1)N1CCC2(CCCCC2)C1. The van der Waals surface area contributed by atoms with Gasteiger partial charge in [0, 0.05) is 33.2 Å². The predicted molar refractivity (Wildman–Crippen MR) is 110 cm³/mol. The lowest BCUT2D eigenvalue weighted by atomic mass is 9.73. The second kappa shape index (κ2) is 9.06. The van der Waals surface area contributed by atoms with Crippen LogP contribution in [0.15, 0.2) is 35.3 Å². The summed E-state index contributed by atoms with van der Waals surface area (Å²) < 4.78 is 27.1. The summed E-state index contributed by atoms with van der Waals surface area (Å²) >= 11 is 0. The van der Waals surface area contributed by atoms with Crippen LogP contribution < -0.4 is 10.0 Å². The molecule has 1 aromatic rings. The lowest BCUT2D eigenvalue weighted by Crippen LogP contribution is -2.44. The van der Waals surface area contributed by atoms with Gasteiger partial charge in [-0.1, -0.05) is 49.6 Å². The van der Waals surface area contributed by atoms with Crippen LogP contribution in [0.4, 0.5) is 0 Å². The second-order valence-corrected chi connectivity index (χ2v) is 9.76. The molecule has 3 rings (SSSR count). The number of nitrogens with one attached hydrogen (secondary N) is 2. The van der Waals surface area contributed by atoms with Crippen molar-refractivity contribution >= 4 is 16.0 Å². The summed E-state index contributed by atoms with van der Waals surface area (Å²) in [7, 11) is -1.55. The third-order valence-corrected chi connectivity index (χ3v) is 7.18. The number of hydrogen-bond donors (Lipinski definition) is 2. The van der Waals surface area contributed by atoms with E-state index < -0.39 is 10.0 Å². The molecule has 1 heterocycles. The van der Waals surface area contributed by atoms with E-state index in [1.807, 2.05) is 30.3 Å². The molecule has 1 aromatic carbocycles. The van der Waals surface area contributed by atoms with E-state index in [1.54, 1.807) is 7.05 Å². The summed E-state index contributed by atoms with van der Waals surface area (Å²) in [5, 5.41) is 3.24. The summed E-state index contributed by atoms with van der Waals surface area (Å²) in [6.07, 6.45) is 7.90. The first-order valence-electron chi connectivity index (χ1n) is 9.99. The molecule has 150 valence electrons. The van der Waals surface area contributed by atoms with Crippen LogP contribution in [-0.4, -0.2) is 51.7 Å². The average molecular weight is 393 g/mol. The number of hydrogen-bond acceptors (Lipinski definition) is 3. The van der Waals surface area contributed by atoms with E-state index in [0.29, 0.717) is 18.5 Å². The standard InChI is InChI=1S/C20H32N4O2S/c1-21-19(24-14-12-20(17-24)10-6-3-7-11-20)22-13-15-27(25,26)23-16-18-8-4-2-5-9-18/h2,4-5,8-9,23H,3,6-7,10-17H2,1H3,(H,21,22). The van der Waals surface area contributed by atoms with Gasteiger partial charge in [-0.2, -0.15) is 0 Å². The number of guanidine groups is 1. The largest absolute Gasteiger partial charge is 0.355 e. The molecule has 0 unspecified atom stereocenters. The van der Waals surface area contributed by atoms with Gasteiger partial charge >= 0.3 is 0 Å². The van der Waals surface area contributed by atoms with Gasteiger partial charge in [0.1, 0.15) is 0 Å². The van der Waals surface area contributed by atoms with Crippen molar-refractivity contribution in [1.29, 1.82) is 0 Å². The lowest BCUT2D eigenvalue weighted by Gasteiger charge is -2.33. The molecule has 1 aliphatic heterocycles. The van der Waals surface area contributed by atoms with Crippen LogP contribution in [-0.2, 0) is 16.6 Å². The monoisotopic (exact) mass is 392 g/mol. The van der Waals surface area contributed by atoms with E-state index in [9.17, 15) is 8.42 Å². The highest BCUT2D eigenvalue weighted by molar-refractivity contribution is 7.89. The van der Waals surface area contributed by atoms with E-state index in [1.165, 1.54) is 38.5 Å². The van der Waals surface area contributed by atoms with Crippen molar-refractivity contribution in [2.75, 3.05) is 32.4 Å². The Morgan fingerprint density at radius 3 is 2.59 bits per heavy atom. The van der Waals surface area contributed by atoms with Crippen LogP contribution in [0, 0.1) is 5.41 Å². The molecule has 1 aliphatic carbocycles. The molecular formula is C20H32N4O2S. The molecule has 0 atom stereocenters. The van der Waals surface area contributed by atoms with E-state index >= 15 is 0 Å². The van der Waals surface area contributed by atoms with Crippen molar-refractivity contribution in [2.45, 2.75) is 45.1 Å². The van der Waals surface area contributed by atoms with Gasteiger partial charge in [-0.05, 0) is 30.2 Å². The molecule has 1 spiro atoms. The molecular weight excluding hydrogens is 360 g/mol. The zero-order valence-electron chi connectivity index (χ0n) is 16.3. The van der Waals surface area contributed by atoms with Gasteiger partial charge < -0.3 is 10.2 Å². The summed E-state index contributed by atoms with van der Waals surface area (Å²) in [5.41, 5.74) is 1.42. The fraction of sp³-hybridized carbons (Fsp3) is 0.650. The van der Waals surface area contributed by atoms with Gasteiger partial charge in [0.05, 0.1) is 5.75 Å². The van der Waals surface area contributed by atoms with Gasteiger partial charge in [-0.15, -0.1) is 0 Å². The van der Waals surface area contributed by atoms with E-state index in [-0.39, 0.29) is 5.75 Å². The summed E-state index contributed by atoms with van der Waals surface area (Å²) in [6, 6.07) is 9.56. The molecule has 0 aromatic heterocycles. The van der Waals surface area contributed by atoms with Crippen molar-refractivity contribution in [3.8, 4) is 0 Å². The van der Waals surface area contributed by atoms with Crippen LogP contribution in [0.1, 0.15) is 44.1 Å². The van der Waals surface area contributed by atoms with Crippen molar-refractivity contribution in [3.63, 3.8) is 0 Å². The number of benzene rings is 1. The van der Waals surface area contributed by atoms with E-state index in [2.05, 4.69) is 19.9 Å². The van der Waals surface area contributed by atoms with Gasteiger partial charge in [0.25, 0.3) is 0 Å². The Kier molecular flexibility index (Phi) is 6.76. The molecule has 0 radical (unpaired) electrons. The average Bonchev–Trinajstić information content (AvgIpc) is 3.08. The van der Waals surface area contributed by atoms with Crippen molar-refractivity contribution in [2.24, 2.45) is 10.4 Å². The Morgan fingerprint density at radius 1 is 1.15 bits per heavy atom. The second-order valence-electron chi connectivity index (χ2n) is 7.83. The first-order valence-corrected chi connectivity index (χ1v) is 11.6. The van der Waals surface area contributed by atoms with Crippen molar-refractivity contribution in [3.05, 3.63) is 35.9 Å². The Labute approximate surface area is 163 Å². The minimum absolute atomic E-state index is 0.0395. The minimum Gasteiger partial charge on any atom is -0.355 e. The zero-order valence-corrected chi connectivity index (χ0v) is 17.1. The lowest BCUT2D eigenvalue weighted by molar-refractivity contribution is 0.203. The van der Waals surface area contributed by atoms with E-state index in [0.717, 1.165) is 24.6 Å². The Bertz CT molecular complexity index is 728. The molecule has 1 saturated heterocycles. The Hall–Kier alpha value is -1.60. The molecule has 0 bridgehead atoms.